The molecule has 1 heterocycles. The molecule has 0 radical (unpaired) electrons. The summed E-state index contributed by atoms with van der Waals surface area (Å²) in [7, 11) is 0. The van der Waals surface area contributed by atoms with Gasteiger partial charge in [0.15, 0.2) is 0 Å². The molecule has 1 unspecified atom stereocenters. The van der Waals surface area contributed by atoms with Crippen LogP contribution < -0.4 is 5.32 Å². The number of nitrogens with one attached hydrogen (secondary N) is 1. The van der Waals surface area contributed by atoms with Crippen LogP contribution in [0, 0.1) is 11.8 Å². The van der Waals surface area contributed by atoms with E-state index in [4.69, 9.17) is 4.74 Å². The van der Waals surface area contributed by atoms with Gasteiger partial charge in [-0.25, -0.2) is 0 Å². The first-order valence-electron chi connectivity index (χ1n) is 7.96. The van der Waals surface area contributed by atoms with E-state index in [2.05, 4.69) is 29.6 Å². The Morgan fingerprint density at radius 2 is 2.15 bits per heavy atom. The molecule has 3 nitrogen and oxygen atoms in total. The second kappa shape index (κ2) is 5.72. The first-order valence-corrected chi connectivity index (χ1v) is 7.96. The molecular weight excluding hydrogens is 250 g/mol. The molecule has 3 rings (SSSR count). The molecule has 0 spiro atoms. The molecule has 1 saturated heterocycles. The van der Waals surface area contributed by atoms with E-state index in [1.807, 2.05) is 6.92 Å². The van der Waals surface area contributed by atoms with Crippen LogP contribution in [0.1, 0.15) is 45.4 Å². The molecule has 0 aromatic carbocycles. The molecule has 0 bridgehead atoms. The van der Waals surface area contributed by atoms with Crippen LogP contribution in [0.5, 0.6) is 0 Å². The molecule has 1 N–H and O–H groups in total. The first-order chi connectivity index (χ1) is 9.67. The number of hydrogen-bond acceptors (Lipinski definition) is 3. The van der Waals surface area contributed by atoms with E-state index in [1.165, 1.54) is 25.7 Å². The topological polar surface area (TPSA) is 38.3 Å². The molecule has 1 aliphatic heterocycles. The Hall–Kier alpha value is -1.09. The number of cyclic esters (lactones) is 1. The molecule has 0 amide bonds. The summed E-state index contributed by atoms with van der Waals surface area (Å²) in [5, 5.41) is 3.62. The highest BCUT2D eigenvalue weighted by Crippen LogP contribution is 2.34. The molecule has 0 aromatic heterocycles. The van der Waals surface area contributed by atoms with Crippen LogP contribution in [0.15, 0.2) is 24.3 Å². The Morgan fingerprint density at radius 3 is 2.85 bits per heavy atom. The molecule has 20 heavy (non-hydrogen) atoms. The summed E-state index contributed by atoms with van der Waals surface area (Å²) < 4.78 is 5.51. The van der Waals surface area contributed by atoms with Gasteiger partial charge in [-0.1, -0.05) is 50.0 Å². The van der Waals surface area contributed by atoms with E-state index < -0.39 is 5.54 Å². The Bertz CT molecular complexity index is 423. The van der Waals surface area contributed by atoms with Crippen molar-refractivity contribution in [2.24, 2.45) is 11.8 Å². The van der Waals surface area contributed by atoms with E-state index in [0.717, 1.165) is 12.8 Å². The molecule has 3 aliphatic rings. The summed E-state index contributed by atoms with van der Waals surface area (Å²) in [5.41, 5.74) is -0.493. The van der Waals surface area contributed by atoms with Crippen LogP contribution >= 0.6 is 0 Å². The smallest absolute Gasteiger partial charge is 0.326 e. The van der Waals surface area contributed by atoms with Crippen molar-refractivity contribution < 1.29 is 9.53 Å². The summed E-state index contributed by atoms with van der Waals surface area (Å²) in [5.74, 6) is 1.06. The molecule has 3 atom stereocenters. The quantitative estimate of drug-likeness (QED) is 0.805. The number of carbonyl (C=O) groups is 1. The summed E-state index contributed by atoms with van der Waals surface area (Å²) in [6.07, 6.45) is 15.7. The predicted molar refractivity (Wildman–Crippen MR) is 79.2 cm³/mol. The maximum Gasteiger partial charge on any atom is 0.326 e. The molecule has 2 aliphatic carbocycles. The minimum absolute atomic E-state index is 0.0593. The van der Waals surface area contributed by atoms with Crippen LogP contribution in [0.2, 0.25) is 0 Å². The lowest BCUT2D eigenvalue weighted by atomic mass is 9.83. The van der Waals surface area contributed by atoms with Gasteiger partial charge in [-0.2, -0.15) is 0 Å². The molecule has 3 heteroatoms. The van der Waals surface area contributed by atoms with Gasteiger partial charge < -0.3 is 4.74 Å². The number of carbonyl (C=O) groups excluding carboxylic acids is 1. The number of esters is 1. The van der Waals surface area contributed by atoms with Crippen molar-refractivity contribution in [3.05, 3.63) is 24.3 Å². The fraction of sp³-hybridized carbons (Fsp3) is 0.706. The summed E-state index contributed by atoms with van der Waals surface area (Å²) in [4.78, 5) is 12.2. The van der Waals surface area contributed by atoms with Gasteiger partial charge in [0.25, 0.3) is 0 Å². The lowest BCUT2D eigenvalue weighted by molar-refractivity contribution is -0.160. The van der Waals surface area contributed by atoms with E-state index in [9.17, 15) is 4.79 Å². The second-order valence-electron chi connectivity index (χ2n) is 6.75. The molecule has 0 aromatic rings. The van der Waals surface area contributed by atoms with Gasteiger partial charge in [0, 0.05) is 6.04 Å². The molecular formula is C17H25NO2. The predicted octanol–water partition coefficient (Wildman–Crippen LogP) is 2.97. The van der Waals surface area contributed by atoms with Crippen molar-refractivity contribution in [3.8, 4) is 0 Å². The van der Waals surface area contributed by atoms with Crippen LogP contribution in [0.3, 0.4) is 0 Å². The summed E-state index contributed by atoms with van der Waals surface area (Å²) >= 11 is 0. The lowest BCUT2D eigenvalue weighted by Crippen LogP contribution is -2.62. The van der Waals surface area contributed by atoms with Crippen LogP contribution in [-0.2, 0) is 9.53 Å². The van der Waals surface area contributed by atoms with E-state index in [-0.39, 0.29) is 12.0 Å². The van der Waals surface area contributed by atoms with Gasteiger partial charge in [-0.05, 0) is 31.6 Å². The Balaban J connectivity index is 1.67. The van der Waals surface area contributed by atoms with Crippen molar-refractivity contribution >= 4 is 5.97 Å². The highest BCUT2D eigenvalue weighted by Gasteiger charge is 2.44. The monoisotopic (exact) mass is 275 g/mol. The van der Waals surface area contributed by atoms with Gasteiger partial charge in [0.1, 0.15) is 12.1 Å². The third-order valence-electron chi connectivity index (χ3n) is 5.05. The number of allylic oxidation sites excluding steroid dienone is 3. The summed E-state index contributed by atoms with van der Waals surface area (Å²) in [6.45, 7) is 2.53. The lowest BCUT2D eigenvalue weighted by Gasteiger charge is -2.41. The van der Waals surface area contributed by atoms with Gasteiger partial charge >= 0.3 is 5.97 Å². The third-order valence-corrected chi connectivity index (χ3v) is 5.05. The standard InChI is InChI=1S/C17H25NO2/c1-17(11-13-7-5-6-8-13)16(19)20-12-15(18-17)14-9-3-2-4-10-14/h2-4,9,13-15,18H,5-8,10-12H2,1H3/t14?,15-,17+/m1/s1. The van der Waals surface area contributed by atoms with E-state index in [1.54, 1.807) is 0 Å². The number of ether oxygens (including phenoxy) is 1. The zero-order chi connectivity index (χ0) is 14.0. The van der Waals surface area contributed by atoms with E-state index in [0.29, 0.717) is 18.4 Å². The highest BCUT2D eigenvalue weighted by atomic mass is 16.5. The van der Waals surface area contributed by atoms with Gasteiger partial charge in [-0.3, -0.25) is 10.1 Å². The van der Waals surface area contributed by atoms with E-state index >= 15 is 0 Å². The second-order valence-corrected chi connectivity index (χ2v) is 6.75. The van der Waals surface area contributed by atoms with Crippen LogP contribution in [0.25, 0.3) is 0 Å². The maximum atomic E-state index is 12.2. The fourth-order valence-electron chi connectivity index (χ4n) is 3.90. The average molecular weight is 275 g/mol. The van der Waals surface area contributed by atoms with Gasteiger partial charge in [0.05, 0.1) is 0 Å². The third kappa shape index (κ3) is 2.83. The first kappa shape index (κ1) is 13.9. The maximum absolute atomic E-state index is 12.2. The minimum Gasteiger partial charge on any atom is -0.463 e. The Kier molecular flexibility index (Phi) is 3.97. The Morgan fingerprint density at radius 1 is 1.35 bits per heavy atom. The number of morpholine rings is 1. The van der Waals surface area contributed by atoms with Crippen molar-refractivity contribution in [2.45, 2.75) is 57.0 Å². The SMILES string of the molecule is C[C@@]1(CC2CCCC2)N[C@@H](C2C=CC=CC2)COC1=O. The van der Waals surface area contributed by atoms with Crippen LogP contribution in [-0.4, -0.2) is 24.2 Å². The fourth-order valence-corrected chi connectivity index (χ4v) is 3.90. The van der Waals surface area contributed by atoms with Crippen molar-refractivity contribution in [1.82, 2.24) is 5.32 Å². The van der Waals surface area contributed by atoms with Crippen molar-refractivity contribution in [2.75, 3.05) is 6.61 Å². The zero-order valence-electron chi connectivity index (χ0n) is 12.3. The van der Waals surface area contributed by atoms with Crippen molar-refractivity contribution in [3.63, 3.8) is 0 Å². The highest BCUT2D eigenvalue weighted by molar-refractivity contribution is 5.81. The zero-order valence-corrected chi connectivity index (χ0v) is 12.3. The number of hydrogen-bond donors (Lipinski definition) is 1. The normalized spacial score (nSPS) is 38.1. The largest absolute Gasteiger partial charge is 0.463 e. The van der Waals surface area contributed by atoms with Gasteiger partial charge in [0.2, 0.25) is 0 Å². The van der Waals surface area contributed by atoms with Gasteiger partial charge in [-0.15, -0.1) is 0 Å². The average Bonchev–Trinajstić information content (AvgIpc) is 2.96. The van der Waals surface area contributed by atoms with Crippen LogP contribution in [0.4, 0.5) is 0 Å². The number of rotatable bonds is 3. The van der Waals surface area contributed by atoms with Crippen molar-refractivity contribution in [1.29, 1.82) is 0 Å². The minimum atomic E-state index is -0.493. The molecule has 1 saturated carbocycles. The summed E-state index contributed by atoms with van der Waals surface area (Å²) in [6, 6.07) is 0.250. The Labute approximate surface area is 121 Å². The molecule has 2 fully saturated rings. The molecule has 110 valence electrons.